The number of esters is 1. The van der Waals surface area contributed by atoms with Crippen LogP contribution >= 0.6 is 0 Å². The number of hydrogen-bond acceptors (Lipinski definition) is 5. The van der Waals surface area contributed by atoms with Gasteiger partial charge in [-0.15, -0.1) is 0 Å². The lowest BCUT2D eigenvalue weighted by Gasteiger charge is -2.16. The minimum Gasteiger partial charge on any atom is -0.468 e. The van der Waals surface area contributed by atoms with Crippen molar-refractivity contribution in [2.45, 2.75) is 12.8 Å². The van der Waals surface area contributed by atoms with E-state index in [9.17, 15) is 4.79 Å². The Hall–Kier alpha value is -2.82. The van der Waals surface area contributed by atoms with Gasteiger partial charge in [-0.05, 0) is 41.8 Å². The molecule has 0 aliphatic rings. The summed E-state index contributed by atoms with van der Waals surface area (Å²) in [5, 5.41) is 0. The molecule has 1 atom stereocenters. The van der Waals surface area contributed by atoms with E-state index in [1.54, 1.807) is 12.1 Å². The van der Waals surface area contributed by atoms with Crippen LogP contribution < -0.4 is 5.73 Å². The van der Waals surface area contributed by atoms with Gasteiger partial charge in [0.25, 0.3) is 0 Å². The molecule has 1 heterocycles. The molecule has 3 rings (SSSR count). The summed E-state index contributed by atoms with van der Waals surface area (Å²) in [4.78, 5) is 16.4. The van der Waals surface area contributed by atoms with Gasteiger partial charge < -0.3 is 14.9 Å². The summed E-state index contributed by atoms with van der Waals surface area (Å²) in [5.74, 6) is -0.850. The van der Waals surface area contributed by atoms with Crippen LogP contribution in [-0.4, -0.2) is 18.1 Å². The lowest BCUT2D eigenvalue weighted by Crippen LogP contribution is -2.16. The number of aryl methyl sites for hydroxylation is 1. The van der Waals surface area contributed by atoms with Crippen molar-refractivity contribution in [3.05, 3.63) is 59.5 Å². The molecule has 0 amide bonds. The van der Waals surface area contributed by atoms with Crippen LogP contribution in [0.4, 0.5) is 5.69 Å². The zero-order chi connectivity index (χ0) is 15.7. The Bertz CT molecular complexity index is 839. The van der Waals surface area contributed by atoms with Crippen LogP contribution in [0.25, 0.3) is 11.1 Å². The molecule has 0 aliphatic heterocycles. The van der Waals surface area contributed by atoms with Crippen molar-refractivity contribution in [1.82, 2.24) is 4.98 Å². The van der Waals surface area contributed by atoms with Gasteiger partial charge in [-0.1, -0.05) is 18.2 Å². The lowest BCUT2D eigenvalue weighted by atomic mass is 9.90. The molecule has 0 saturated heterocycles. The molecule has 5 nitrogen and oxygen atoms in total. The van der Waals surface area contributed by atoms with Crippen molar-refractivity contribution >= 4 is 22.8 Å². The number of benzene rings is 2. The average Bonchev–Trinajstić information content (AvgIpc) is 2.98. The Balaban J connectivity index is 2.12. The molecule has 22 heavy (non-hydrogen) atoms. The van der Waals surface area contributed by atoms with Crippen LogP contribution in [0.5, 0.6) is 0 Å². The van der Waals surface area contributed by atoms with Gasteiger partial charge in [0, 0.05) is 5.69 Å². The van der Waals surface area contributed by atoms with Crippen molar-refractivity contribution in [1.29, 1.82) is 0 Å². The first-order valence-corrected chi connectivity index (χ1v) is 6.87. The number of rotatable bonds is 3. The first-order chi connectivity index (χ1) is 10.6. The zero-order valence-electron chi connectivity index (χ0n) is 12.4. The molecule has 2 aromatic carbocycles. The molecule has 3 aromatic rings. The molecule has 0 bridgehead atoms. The molecule has 0 saturated carbocycles. The third-order valence-corrected chi connectivity index (χ3v) is 3.75. The predicted octanol–water partition coefficient (Wildman–Crippen LogP) is 3.02. The number of hydrogen-bond donors (Lipinski definition) is 1. The molecule has 1 unspecified atom stereocenters. The van der Waals surface area contributed by atoms with Crippen molar-refractivity contribution in [2.24, 2.45) is 0 Å². The fourth-order valence-corrected chi connectivity index (χ4v) is 2.52. The maximum atomic E-state index is 12.3. The Kier molecular flexibility index (Phi) is 3.55. The number of nitrogen functional groups attached to an aromatic ring is 1. The Morgan fingerprint density at radius 3 is 2.68 bits per heavy atom. The molecular weight excluding hydrogens is 280 g/mol. The number of anilines is 1. The molecular formula is C17H16N2O3. The van der Waals surface area contributed by atoms with E-state index in [-0.39, 0.29) is 5.97 Å². The van der Waals surface area contributed by atoms with Crippen LogP contribution in [0.2, 0.25) is 0 Å². The normalized spacial score (nSPS) is 12.3. The van der Waals surface area contributed by atoms with Crippen molar-refractivity contribution in [3.8, 4) is 0 Å². The molecule has 0 spiro atoms. The first kappa shape index (κ1) is 14.1. The largest absolute Gasteiger partial charge is 0.468 e. The summed E-state index contributed by atoms with van der Waals surface area (Å²) in [5.41, 5.74) is 10.5. The van der Waals surface area contributed by atoms with Gasteiger partial charge in [0.05, 0.1) is 7.11 Å². The molecule has 0 fully saturated rings. The number of ether oxygens (including phenoxy) is 1. The quantitative estimate of drug-likeness (QED) is 0.593. The van der Waals surface area contributed by atoms with Crippen LogP contribution in [-0.2, 0) is 9.53 Å². The summed E-state index contributed by atoms with van der Waals surface area (Å²) in [6.07, 6.45) is 1.38. The van der Waals surface area contributed by atoms with E-state index in [1.165, 1.54) is 13.5 Å². The highest BCUT2D eigenvalue weighted by Crippen LogP contribution is 2.30. The highest BCUT2D eigenvalue weighted by atomic mass is 16.5. The Morgan fingerprint density at radius 1 is 1.23 bits per heavy atom. The second-order valence-corrected chi connectivity index (χ2v) is 5.15. The van der Waals surface area contributed by atoms with E-state index >= 15 is 0 Å². The van der Waals surface area contributed by atoms with Gasteiger partial charge in [-0.3, -0.25) is 4.79 Å². The van der Waals surface area contributed by atoms with Gasteiger partial charge in [0.2, 0.25) is 0 Å². The summed E-state index contributed by atoms with van der Waals surface area (Å²) in [6, 6.07) is 11.0. The highest BCUT2D eigenvalue weighted by molar-refractivity contribution is 5.84. The third-order valence-electron chi connectivity index (χ3n) is 3.75. The van der Waals surface area contributed by atoms with E-state index in [4.69, 9.17) is 14.9 Å². The topological polar surface area (TPSA) is 78.4 Å². The van der Waals surface area contributed by atoms with E-state index in [0.29, 0.717) is 16.8 Å². The van der Waals surface area contributed by atoms with Gasteiger partial charge in [-0.25, -0.2) is 4.98 Å². The molecule has 1 aromatic heterocycles. The maximum absolute atomic E-state index is 12.3. The number of aromatic nitrogens is 1. The van der Waals surface area contributed by atoms with Crippen LogP contribution in [0.15, 0.2) is 47.2 Å². The predicted molar refractivity (Wildman–Crippen MR) is 83.5 cm³/mol. The molecule has 112 valence electrons. The van der Waals surface area contributed by atoms with Gasteiger partial charge >= 0.3 is 5.97 Å². The first-order valence-electron chi connectivity index (χ1n) is 6.87. The van der Waals surface area contributed by atoms with Crippen molar-refractivity contribution < 1.29 is 13.9 Å². The monoisotopic (exact) mass is 296 g/mol. The fraction of sp³-hybridized carbons (Fsp3) is 0.176. The lowest BCUT2D eigenvalue weighted by molar-refractivity contribution is -0.141. The molecule has 0 aliphatic carbocycles. The summed E-state index contributed by atoms with van der Waals surface area (Å²) in [7, 11) is 1.38. The number of carbonyl (C=O) groups is 1. The van der Waals surface area contributed by atoms with E-state index in [1.807, 2.05) is 31.2 Å². The Morgan fingerprint density at radius 2 is 1.95 bits per heavy atom. The van der Waals surface area contributed by atoms with E-state index in [2.05, 4.69) is 4.98 Å². The Labute approximate surface area is 127 Å². The van der Waals surface area contributed by atoms with Gasteiger partial charge in [-0.2, -0.15) is 0 Å². The van der Waals surface area contributed by atoms with Gasteiger partial charge in [0.15, 0.2) is 12.0 Å². The molecule has 2 N–H and O–H groups in total. The standard InChI is InChI=1S/C17H16N2O3/c1-10-7-11(3-5-13(10)18)16(17(20)21-2)12-4-6-15-14(8-12)19-9-22-15/h3-9,16H,18H2,1-2H3. The third kappa shape index (κ3) is 2.41. The highest BCUT2D eigenvalue weighted by Gasteiger charge is 2.24. The maximum Gasteiger partial charge on any atom is 0.317 e. The number of oxazole rings is 1. The minimum absolute atomic E-state index is 0.327. The second kappa shape index (κ2) is 5.52. The summed E-state index contributed by atoms with van der Waals surface area (Å²) in [6.45, 7) is 1.91. The van der Waals surface area contributed by atoms with Crippen molar-refractivity contribution in [3.63, 3.8) is 0 Å². The zero-order valence-corrected chi connectivity index (χ0v) is 12.4. The molecule has 5 heteroatoms. The summed E-state index contributed by atoms with van der Waals surface area (Å²) < 4.78 is 10.2. The number of nitrogens with zero attached hydrogens (tertiary/aromatic N) is 1. The number of methoxy groups -OCH3 is 1. The smallest absolute Gasteiger partial charge is 0.317 e. The SMILES string of the molecule is COC(=O)C(c1ccc(N)c(C)c1)c1ccc2ocnc2c1. The van der Waals surface area contributed by atoms with Crippen molar-refractivity contribution in [2.75, 3.05) is 12.8 Å². The van der Waals surface area contributed by atoms with Gasteiger partial charge in [0.1, 0.15) is 11.4 Å². The van der Waals surface area contributed by atoms with Crippen LogP contribution in [0, 0.1) is 6.92 Å². The molecule has 0 radical (unpaired) electrons. The average molecular weight is 296 g/mol. The van der Waals surface area contributed by atoms with Crippen LogP contribution in [0.3, 0.4) is 0 Å². The summed E-state index contributed by atoms with van der Waals surface area (Å²) >= 11 is 0. The van der Waals surface area contributed by atoms with Crippen LogP contribution in [0.1, 0.15) is 22.6 Å². The fourth-order valence-electron chi connectivity index (χ4n) is 2.52. The number of nitrogens with two attached hydrogens (primary N) is 1. The number of fused-ring (bicyclic) bond motifs is 1. The number of carbonyl (C=O) groups excluding carboxylic acids is 1. The minimum atomic E-state index is -0.523. The second-order valence-electron chi connectivity index (χ2n) is 5.15. The van der Waals surface area contributed by atoms with E-state index in [0.717, 1.165) is 16.7 Å². The van der Waals surface area contributed by atoms with E-state index < -0.39 is 5.92 Å².